The predicted octanol–water partition coefficient (Wildman–Crippen LogP) is 3.00. The lowest BCUT2D eigenvalue weighted by molar-refractivity contribution is 0.992. The van der Waals surface area contributed by atoms with E-state index >= 15 is 0 Å². The lowest BCUT2D eigenvalue weighted by Crippen LogP contribution is -2.22. The van der Waals surface area contributed by atoms with Gasteiger partial charge in [-0.3, -0.25) is 0 Å². The maximum absolute atomic E-state index is 5.05. The van der Waals surface area contributed by atoms with Crippen molar-refractivity contribution in [3.05, 3.63) is 36.5 Å². The lowest BCUT2D eigenvalue weighted by atomic mass is 10.2. The molecule has 0 aromatic carbocycles. The van der Waals surface area contributed by atoms with Crippen molar-refractivity contribution in [2.24, 2.45) is 0 Å². The molecule has 0 atom stereocenters. The first-order valence-electron chi connectivity index (χ1n) is 4.45. The van der Waals surface area contributed by atoms with Gasteiger partial charge in [0.25, 0.3) is 0 Å². The lowest BCUT2D eigenvalue weighted by Gasteiger charge is -2.05. The molecule has 0 aliphatic heterocycles. The van der Waals surface area contributed by atoms with Gasteiger partial charge in [0.2, 0.25) is 0 Å². The van der Waals surface area contributed by atoms with Crippen LogP contribution in [0.15, 0.2) is 36.5 Å². The van der Waals surface area contributed by atoms with Crippen molar-refractivity contribution in [1.82, 2.24) is 5.32 Å². The molecular formula is C11H17NS. The standard InChI is InChI=1S/C11H17NS/c1-4-7-10(8-5-2)9-12-11(13)6-3/h4-5,7-8H,1,6,9H2,2-3H3,(H,12,13)/b8-5-,10-7+. The molecule has 1 N–H and O–H groups in total. The number of rotatable bonds is 5. The van der Waals surface area contributed by atoms with Crippen molar-refractivity contribution in [2.75, 3.05) is 6.54 Å². The number of hydrogen-bond donors (Lipinski definition) is 1. The van der Waals surface area contributed by atoms with Gasteiger partial charge in [-0.1, -0.05) is 50.0 Å². The van der Waals surface area contributed by atoms with Crippen LogP contribution in [0.3, 0.4) is 0 Å². The topological polar surface area (TPSA) is 12.0 Å². The van der Waals surface area contributed by atoms with Crippen LogP contribution in [0.5, 0.6) is 0 Å². The van der Waals surface area contributed by atoms with Crippen molar-refractivity contribution < 1.29 is 0 Å². The van der Waals surface area contributed by atoms with Crippen LogP contribution < -0.4 is 5.32 Å². The summed E-state index contributed by atoms with van der Waals surface area (Å²) >= 11 is 5.05. The van der Waals surface area contributed by atoms with E-state index in [-0.39, 0.29) is 0 Å². The van der Waals surface area contributed by atoms with Gasteiger partial charge in [0.05, 0.1) is 4.99 Å². The zero-order valence-electron chi connectivity index (χ0n) is 8.34. The summed E-state index contributed by atoms with van der Waals surface area (Å²) in [7, 11) is 0. The van der Waals surface area contributed by atoms with Crippen LogP contribution >= 0.6 is 12.2 Å². The number of allylic oxidation sites excluding steroid dienone is 3. The average molecular weight is 195 g/mol. The third kappa shape index (κ3) is 6.29. The smallest absolute Gasteiger partial charge is 0.0753 e. The molecule has 72 valence electrons. The summed E-state index contributed by atoms with van der Waals surface area (Å²) in [4.78, 5) is 0.902. The molecule has 0 aliphatic rings. The molecule has 0 unspecified atom stereocenters. The first-order chi connectivity index (χ1) is 6.24. The van der Waals surface area contributed by atoms with Crippen molar-refractivity contribution in [2.45, 2.75) is 20.3 Å². The fourth-order valence-corrected chi connectivity index (χ4v) is 0.937. The van der Waals surface area contributed by atoms with Crippen molar-refractivity contribution >= 4 is 17.2 Å². The molecule has 0 radical (unpaired) electrons. The van der Waals surface area contributed by atoms with Gasteiger partial charge in [-0.15, -0.1) is 0 Å². The Hall–Kier alpha value is -0.890. The Bertz CT molecular complexity index is 226. The van der Waals surface area contributed by atoms with E-state index in [1.807, 2.05) is 32.1 Å². The van der Waals surface area contributed by atoms with Crippen molar-refractivity contribution in [3.63, 3.8) is 0 Å². The summed E-state index contributed by atoms with van der Waals surface area (Å²) in [6.45, 7) is 8.48. The normalized spacial score (nSPS) is 11.7. The van der Waals surface area contributed by atoms with E-state index in [1.165, 1.54) is 5.57 Å². The molecule has 0 aromatic heterocycles. The minimum atomic E-state index is 0.781. The fraction of sp³-hybridized carbons (Fsp3) is 0.364. The van der Waals surface area contributed by atoms with Crippen LogP contribution in [0.2, 0.25) is 0 Å². The third-order valence-corrected chi connectivity index (χ3v) is 1.96. The summed E-state index contributed by atoms with van der Waals surface area (Å²) in [5.74, 6) is 0. The Balaban J connectivity index is 4.04. The Labute approximate surface area is 86.2 Å². The molecular weight excluding hydrogens is 178 g/mol. The molecule has 0 rings (SSSR count). The van der Waals surface area contributed by atoms with E-state index in [0.29, 0.717) is 0 Å². The quantitative estimate of drug-likeness (QED) is 0.534. The van der Waals surface area contributed by atoms with Crippen LogP contribution in [0.25, 0.3) is 0 Å². The second-order valence-electron chi connectivity index (χ2n) is 2.61. The molecule has 0 saturated heterocycles. The average Bonchev–Trinajstić information content (AvgIpc) is 2.14. The molecule has 0 amide bonds. The number of hydrogen-bond acceptors (Lipinski definition) is 1. The van der Waals surface area contributed by atoms with E-state index in [4.69, 9.17) is 12.2 Å². The Morgan fingerprint density at radius 1 is 1.54 bits per heavy atom. The van der Waals surface area contributed by atoms with Crippen molar-refractivity contribution in [1.29, 1.82) is 0 Å². The molecule has 0 aromatic rings. The minimum absolute atomic E-state index is 0.781. The van der Waals surface area contributed by atoms with Crippen LogP contribution in [-0.4, -0.2) is 11.5 Å². The second kappa shape index (κ2) is 7.74. The van der Waals surface area contributed by atoms with Gasteiger partial charge >= 0.3 is 0 Å². The summed E-state index contributed by atoms with van der Waals surface area (Å²) in [6.07, 6.45) is 8.71. The monoisotopic (exact) mass is 195 g/mol. The Kier molecular flexibility index (Phi) is 7.21. The highest BCUT2D eigenvalue weighted by Gasteiger charge is 1.92. The SMILES string of the molecule is C=C/C=C(\C=C/C)CNC(=S)CC. The van der Waals surface area contributed by atoms with E-state index in [1.54, 1.807) is 6.08 Å². The minimum Gasteiger partial charge on any atom is -0.376 e. The molecule has 2 heteroatoms. The number of nitrogens with one attached hydrogen (secondary N) is 1. The van der Waals surface area contributed by atoms with Gasteiger partial charge in [-0.25, -0.2) is 0 Å². The highest BCUT2D eigenvalue weighted by Crippen LogP contribution is 1.96. The number of thiocarbonyl (C=S) groups is 1. The maximum atomic E-state index is 5.05. The summed E-state index contributed by atoms with van der Waals surface area (Å²) in [6, 6.07) is 0. The Morgan fingerprint density at radius 3 is 2.69 bits per heavy atom. The van der Waals surface area contributed by atoms with Crippen LogP contribution in [0.1, 0.15) is 20.3 Å². The van der Waals surface area contributed by atoms with Gasteiger partial charge in [0.1, 0.15) is 0 Å². The van der Waals surface area contributed by atoms with Gasteiger partial charge in [-0.2, -0.15) is 0 Å². The molecule has 1 nitrogen and oxygen atoms in total. The first-order valence-corrected chi connectivity index (χ1v) is 4.86. The molecule has 13 heavy (non-hydrogen) atoms. The zero-order chi connectivity index (χ0) is 10.1. The molecule has 0 spiro atoms. The van der Waals surface area contributed by atoms with E-state index in [0.717, 1.165) is 18.0 Å². The molecule has 0 aliphatic carbocycles. The summed E-state index contributed by atoms with van der Waals surface area (Å²) in [5.41, 5.74) is 1.19. The molecule has 0 bridgehead atoms. The van der Waals surface area contributed by atoms with Gasteiger partial charge < -0.3 is 5.32 Å². The van der Waals surface area contributed by atoms with Crippen LogP contribution in [0.4, 0.5) is 0 Å². The summed E-state index contributed by atoms with van der Waals surface area (Å²) in [5, 5.41) is 3.17. The fourth-order valence-electron chi connectivity index (χ4n) is 0.865. The van der Waals surface area contributed by atoms with Crippen LogP contribution in [-0.2, 0) is 0 Å². The second-order valence-corrected chi connectivity index (χ2v) is 3.10. The van der Waals surface area contributed by atoms with E-state index in [2.05, 4.69) is 11.9 Å². The van der Waals surface area contributed by atoms with Crippen LogP contribution in [0, 0.1) is 0 Å². The van der Waals surface area contributed by atoms with Gasteiger partial charge in [0, 0.05) is 6.54 Å². The highest BCUT2D eigenvalue weighted by molar-refractivity contribution is 7.80. The first kappa shape index (κ1) is 12.1. The van der Waals surface area contributed by atoms with Gasteiger partial charge in [-0.05, 0) is 18.9 Å². The molecule has 0 saturated carbocycles. The molecule has 0 fully saturated rings. The summed E-state index contributed by atoms with van der Waals surface area (Å²) < 4.78 is 0. The van der Waals surface area contributed by atoms with Crippen molar-refractivity contribution in [3.8, 4) is 0 Å². The largest absolute Gasteiger partial charge is 0.376 e. The van der Waals surface area contributed by atoms with E-state index in [9.17, 15) is 0 Å². The van der Waals surface area contributed by atoms with Gasteiger partial charge in [0.15, 0.2) is 0 Å². The third-order valence-electron chi connectivity index (χ3n) is 1.52. The van der Waals surface area contributed by atoms with E-state index < -0.39 is 0 Å². The predicted molar refractivity (Wildman–Crippen MR) is 64.0 cm³/mol. The highest BCUT2D eigenvalue weighted by atomic mass is 32.1. The zero-order valence-corrected chi connectivity index (χ0v) is 9.16. The Morgan fingerprint density at radius 2 is 2.23 bits per heavy atom. The molecule has 0 heterocycles. The maximum Gasteiger partial charge on any atom is 0.0753 e.